The summed E-state index contributed by atoms with van der Waals surface area (Å²) in [6.45, 7) is 5.33. The fourth-order valence-electron chi connectivity index (χ4n) is 7.08. The van der Waals surface area contributed by atoms with Crippen molar-refractivity contribution in [3.8, 4) is 5.75 Å². The molecule has 258 valence electrons. The van der Waals surface area contributed by atoms with Crippen molar-refractivity contribution >= 4 is 23.6 Å². The molecular formula is C39H47N5O5. The first-order valence-corrected chi connectivity index (χ1v) is 17.6. The van der Waals surface area contributed by atoms with Gasteiger partial charge in [0.2, 0.25) is 17.7 Å². The van der Waals surface area contributed by atoms with Crippen molar-refractivity contribution < 1.29 is 23.9 Å². The Hall–Kier alpha value is -4.70. The molecule has 4 amide bonds. The van der Waals surface area contributed by atoms with E-state index in [1.807, 2.05) is 72.5 Å². The highest BCUT2D eigenvalue weighted by molar-refractivity contribution is 6.01. The number of fused-ring (bicyclic) bond motifs is 5. The number of aryl methyl sites for hydroxylation is 2. The van der Waals surface area contributed by atoms with Crippen LogP contribution in [0.1, 0.15) is 70.3 Å². The summed E-state index contributed by atoms with van der Waals surface area (Å²) in [6.07, 6.45) is 4.14. The molecule has 0 radical (unpaired) electrons. The van der Waals surface area contributed by atoms with Gasteiger partial charge in [0.05, 0.1) is 13.0 Å². The lowest BCUT2D eigenvalue weighted by molar-refractivity contribution is -0.137. The number of rotatable bonds is 5. The number of carbonyl (C=O) groups is 4. The second-order valence-corrected chi connectivity index (χ2v) is 13.5. The van der Waals surface area contributed by atoms with E-state index in [2.05, 4.69) is 21.3 Å². The third-order valence-corrected chi connectivity index (χ3v) is 10.0. The van der Waals surface area contributed by atoms with Crippen molar-refractivity contribution in [1.82, 2.24) is 26.2 Å². The molecule has 0 spiro atoms. The van der Waals surface area contributed by atoms with Crippen LogP contribution in [0.15, 0.2) is 66.7 Å². The predicted octanol–water partition coefficient (Wildman–Crippen LogP) is 3.58. The van der Waals surface area contributed by atoms with Gasteiger partial charge in [-0.05, 0) is 104 Å². The molecule has 4 bridgehead atoms. The Bertz CT molecular complexity index is 1660. The van der Waals surface area contributed by atoms with Crippen LogP contribution >= 0.6 is 0 Å². The number of piperidine rings is 1. The summed E-state index contributed by atoms with van der Waals surface area (Å²) < 4.78 is 6.13. The van der Waals surface area contributed by atoms with Gasteiger partial charge < -0.3 is 30.9 Å². The number of carbonyl (C=O) groups excluding carboxylic acids is 4. The van der Waals surface area contributed by atoms with Gasteiger partial charge in [0.25, 0.3) is 5.91 Å². The summed E-state index contributed by atoms with van der Waals surface area (Å²) >= 11 is 0. The second kappa shape index (κ2) is 16.1. The Balaban J connectivity index is 1.28. The van der Waals surface area contributed by atoms with Crippen molar-refractivity contribution in [2.45, 2.75) is 77.0 Å². The number of hydrogen-bond acceptors (Lipinski definition) is 6. The van der Waals surface area contributed by atoms with Gasteiger partial charge in [0, 0.05) is 31.7 Å². The lowest BCUT2D eigenvalue weighted by Crippen LogP contribution is -2.55. The Morgan fingerprint density at radius 1 is 0.959 bits per heavy atom. The monoisotopic (exact) mass is 665 g/mol. The fraction of sp³-hybridized carbons (Fsp3) is 0.436. The maximum atomic E-state index is 14.1. The average Bonchev–Trinajstić information content (AvgIpc) is 3.12. The first kappa shape index (κ1) is 34.2. The zero-order chi connectivity index (χ0) is 34.2. The number of benzene rings is 3. The number of nitrogens with one attached hydrogen (secondary N) is 4. The van der Waals surface area contributed by atoms with Crippen LogP contribution in [0.5, 0.6) is 5.75 Å². The molecule has 0 aromatic heterocycles. The number of amides is 4. The lowest BCUT2D eigenvalue weighted by atomic mass is 9.94. The SMILES string of the molecule is Cc1ccc2cc1CNC(=O)[C@H](CCc1ccccc1)NC(=O)[C@@H](NC(=O)c1cccc3c1CNCC3)CC(=O)N1CCCC(CCO2)C1. The molecule has 0 aliphatic carbocycles. The van der Waals surface area contributed by atoms with Crippen molar-refractivity contribution in [1.29, 1.82) is 0 Å². The summed E-state index contributed by atoms with van der Waals surface area (Å²) in [6, 6.07) is 19.2. The maximum absolute atomic E-state index is 14.1. The van der Waals surface area contributed by atoms with Gasteiger partial charge in [-0.1, -0.05) is 48.5 Å². The smallest absolute Gasteiger partial charge is 0.252 e. The Kier molecular flexibility index (Phi) is 11.3. The molecule has 3 aromatic rings. The standard InChI is InChI=1S/C39H47N5O5/c1-26-12-14-31-21-30(26)23-41-38(47)34(15-13-27-7-3-2-4-8-27)42-39(48)35(22-36(45)44-19-6-9-28(25-44)17-20-49-31)43-37(46)32-11-5-10-29-16-18-40-24-33(29)32/h2-5,7-8,10-12,14,21,28,34-35,40H,6,9,13,15-20,22-25H2,1H3,(H,41,47)(H,42,48)(H,43,46)/t28?,34-,35-/m0/s1. The van der Waals surface area contributed by atoms with Gasteiger partial charge >= 0.3 is 0 Å². The molecule has 4 N–H and O–H groups in total. The van der Waals surface area contributed by atoms with Crippen LogP contribution in [0.2, 0.25) is 0 Å². The molecule has 3 aromatic carbocycles. The van der Waals surface area contributed by atoms with Crippen molar-refractivity contribution in [2.75, 3.05) is 26.2 Å². The molecule has 3 heterocycles. The fourth-order valence-corrected chi connectivity index (χ4v) is 7.08. The van der Waals surface area contributed by atoms with E-state index in [0.29, 0.717) is 44.6 Å². The topological polar surface area (TPSA) is 129 Å². The highest BCUT2D eigenvalue weighted by Gasteiger charge is 2.32. The van der Waals surface area contributed by atoms with Gasteiger partial charge in [-0.15, -0.1) is 0 Å². The zero-order valence-electron chi connectivity index (χ0n) is 28.3. The minimum Gasteiger partial charge on any atom is -0.494 e. The van der Waals surface area contributed by atoms with Gasteiger partial charge in [-0.3, -0.25) is 19.2 Å². The molecule has 1 saturated heterocycles. The van der Waals surface area contributed by atoms with Crippen molar-refractivity contribution in [2.24, 2.45) is 5.92 Å². The summed E-state index contributed by atoms with van der Waals surface area (Å²) in [5.74, 6) is -0.493. The number of ether oxygens (including phenoxy) is 1. The van der Waals surface area contributed by atoms with E-state index in [1.54, 1.807) is 6.07 Å². The van der Waals surface area contributed by atoms with E-state index in [0.717, 1.165) is 65.8 Å². The van der Waals surface area contributed by atoms with Crippen LogP contribution < -0.4 is 26.0 Å². The van der Waals surface area contributed by atoms with Crippen molar-refractivity contribution in [3.63, 3.8) is 0 Å². The van der Waals surface area contributed by atoms with Gasteiger partial charge in [-0.25, -0.2) is 0 Å². The van der Waals surface area contributed by atoms with E-state index < -0.39 is 23.9 Å². The second-order valence-electron chi connectivity index (χ2n) is 13.5. The molecular weight excluding hydrogens is 618 g/mol. The summed E-state index contributed by atoms with van der Waals surface area (Å²) in [5, 5.41) is 12.2. The Morgan fingerprint density at radius 2 is 1.82 bits per heavy atom. The van der Waals surface area contributed by atoms with Gasteiger partial charge in [0.1, 0.15) is 17.8 Å². The van der Waals surface area contributed by atoms with E-state index in [9.17, 15) is 19.2 Å². The van der Waals surface area contributed by atoms with E-state index in [4.69, 9.17) is 4.74 Å². The normalized spacial score (nSPS) is 22.0. The highest BCUT2D eigenvalue weighted by Crippen LogP contribution is 2.24. The van der Waals surface area contributed by atoms with E-state index >= 15 is 0 Å². The quantitative estimate of drug-likeness (QED) is 0.330. The van der Waals surface area contributed by atoms with Crippen LogP contribution in [-0.2, 0) is 40.3 Å². The molecule has 6 rings (SSSR count). The molecule has 3 aliphatic rings. The largest absolute Gasteiger partial charge is 0.494 e. The summed E-state index contributed by atoms with van der Waals surface area (Å²) in [5.41, 5.74) is 5.47. The van der Waals surface area contributed by atoms with Gasteiger partial charge in [-0.2, -0.15) is 0 Å². The van der Waals surface area contributed by atoms with Crippen molar-refractivity contribution in [3.05, 3.63) is 100 Å². The molecule has 0 saturated carbocycles. The predicted molar refractivity (Wildman–Crippen MR) is 187 cm³/mol. The van der Waals surface area contributed by atoms with Gasteiger partial charge in [0.15, 0.2) is 0 Å². The van der Waals surface area contributed by atoms with Crippen LogP contribution in [-0.4, -0.2) is 66.9 Å². The lowest BCUT2D eigenvalue weighted by Gasteiger charge is -2.34. The molecule has 1 fully saturated rings. The van der Waals surface area contributed by atoms with E-state index in [1.165, 1.54) is 0 Å². The minimum absolute atomic E-state index is 0.197. The molecule has 10 nitrogen and oxygen atoms in total. The van der Waals surface area contributed by atoms with Crippen LogP contribution in [0.3, 0.4) is 0 Å². The third-order valence-electron chi connectivity index (χ3n) is 10.0. The highest BCUT2D eigenvalue weighted by atomic mass is 16.5. The Labute approximate surface area is 288 Å². The maximum Gasteiger partial charge on any atom is 0.252 e. The molecule has 3 aliphatic heterocycles. The van der Waals surface area contributed by atoms with E-state index in [-0.39, 0.29) is 30.7 Å². The van der Waals surface area contributed by atoms with Crippen LogP contribution in [0.25, 0.3) is 0 Å². The molecule has 49 heavy (non-hydrogen) atoms. The number of nitrogens with zero attached hydrogens (tertiary/aromatic N) is 1. The first-order valence-electron chi connectivity index (χ1n) is 17.6. The van der Waals surface area contributed by atoms with Crippen LogP contribution in [0.4, 0.5) is 0 Å². The average molecular weight is 666 g/mol. The molecule has 3 atom stereocenters. The molecule has 1 unspecified atom stereocenters. The summed E-state index contributed by atoms with van der Waals surface area (Å²) in [7, 11) is 0. The minimum atomic E-state index is -1.17. The third kappa shape index (κ3) is 8.86. The molecule has 10 heteroatoms. The Morgan fingerprint density at radius 3 is 2.67 bits per heavy atom. The number of hydrogen-bond donors (Lipinski definition) is 4. The summed E-state index contributed by atoms with van der Waals surface area (Å²) in [4.78, 5) is 57.3. The zero-order valence-corrected chi connectivity index (χ0v) is 28.3. The van der Waals surface area contributed by atoms with Crippen LogP contribution in [0, 0.1) is 12.8 Å². The first-order chi connectivity index (χ1) is 23.8.